The number of hydrazine groups is 1. The maximum Gasteiger partial charge on any atom is 0.152 e. The fraction of sp³-hybridized carbons (Fsp3) is 0.417. The van der Waals surface area contributed by atoms with Crippen molar-refractivity contribution in [2.75, 3.05) is 12.8 Å². The number of benzene rings is 1. The number of rotatable bonds is 2. The van der Waals surface area contributed by atoms with Crippen molar-refractivity contribution in [3.63, 3.8) is 0 Å². The van der Waals surface area contributed by atoms with E-state index in [9.17, 15) is 0 Å². The molecule has 0 radical (unpaired) electrons. The van der Waals surface area contributed by atoms with Crippen molar-refractivity contribution in [1.29, 1.82) is 0 Å². The van der Waals surface area contributed by atoms with Crippen LogP contribution < -0.4 is 17.3 Å². The van der Waals surface area contributed by atoms with E-state index in [0.717, 1.165) is 16.2 Å². The van der Waals surface area contributed by atoms with Crippen molar-refractivity contribution in [3.05, 3.63) is 29.3 Å². The molecule has 0 atom stereocenters. The van der Waals surface area contributed by atoms with Crippen LogP contribution in [0.1, 0.15) is 31.4 Å². The molecule has 1 aromatic rings. The molecule has 0 aliphatic heterocycles. The zero-order valence-electron chi connectivity index (χ0n) is 11.1. The van der Waals surface area contributed by atoms with E-state index in [-0.39, 0.29) is 0 Å². The van der Waals surface area contributed by atoms with Crippen LogP contribution in [0, 0.1) is 6.92 Å². The SMILES string of the molecule is CCC.Cc1ccc(/C(N)=N/N(C)N)cc1N. The summed E-state index contributed by atoms with van der Waals surface area (Å²) < 4.78 is 0. The number of anilines is 1. The Bertz CT molecular complexity index is 371. The van der Waals surface area contributed by atoms with E-state index >= 15 is 0 Å². The standard InChI is InChI=1S/C9H15N5.C3H8/c1-6-3-4-7(5-8(6)10)9(11)13-14(2)12;1-3-2/h3-5H,10,12H2,1-2H3,(H2,11,13);3H2,1-2H3. The Hall–Kier alpha value is -1.75. The van der Waals surface area contributed by atoms with Gasteiger partial charge in [-0.2, -0.15) is 0 Å². The first kappa shape index (κ1) is 15.2. The van der Waals surface area contributed by atoms with Crippen LogP contribution in [0.2, 0.25) is 0 Å². The first-order valence-electron chi connectivity index (χ1n) is 5.61. The molecule has 6 N–H and O–H groups in total. The number of aryl methyl sites for hydroxylation is 1. The van der Waals surface area contributed by atoms with Crippen molar-refractivity contribution >= 4 is 11.5 Å². The summed E-state index contributed by atoms with van der Waals surface area (Å²) in [5.41, 5.74) is 13.9. The molecule has 0 unspecified atom stereocenters. The molecule has 17 heavy (non-hydrogen) atoms. The minimum absolute atomic E-state index is 0.349. The minimum Gasteiger partial charge on any atom is -0.398 e. The monoisotopic (exact) mass is 237 g/mol. The van der Waals surface area contributed by atoms with Gasteiger partial charge in [0.15, 0.2) is 5.84 Å². The highest BCUT2D eigenvalue weighted by Gasteiger charge is 2.01. The van der Waals surface area contributed by atoms with Crippen molar-refractivity contribution < 1.29 is 0 Å². The van der Waals surface area contributed by atoms with Crippen LogP contribution in [0.15, 0.2) is 23.3 Å². The van der Waals surface area contributed by atoms with Crippen LogP contribution in [0.4, 0.5) is 5.69 Å². The Labute approximate surface area is 103 Å². The molecule has 0 aromatic heterocycles. The summed E-state index contributed by atoms with van der Waals surface area (Å²) in [4.78, 5) is 0. The van der Waals surface area contributed by atoms with Gasteiger partial charge < -0.3 is 11.5 Å². The fourth-order valence-corrected chi connectivity index (χ4v) is 1.03. The summed E-state index contributed by atoms with van der Waals surface area (Å²) in [5.74, 6) is 5.68. The predicted molar refractivity (Wildman–Crippen MR) is 74.2 cm³/mol. The smallest absolute Gasteiger partial charge is 0.152 e. The second-order valence-electron chi connectivity index (χ2n) is 3.84. The van der Waals surface area contributed by atoms with Gasteiger partial charge in [-0.25, -0.2) is 11.0 Å². The second kappa shape index (κ2) is 7.51. The Kier molecular flexibility index (Phi) is 6.74. The Morgan fingerprint density at radius 2 is 1.88 bits per heavy atom. The number of amidine groups is 1. The zero-order valence-corrected chi connectivity index (χ0v) is 11.1. The second-order valence-corrected chi connectivity index (χ2v) is 3.84. The first-order valence-corrected chi connectivity index (χ1v) is 5.61. The van der Waals surface area contributed by atoms with E-state index in [1.807, 2.05) is 19.1 Å². The highest BCUT2D eigenvalue weighted by atomic mass is 15.6. The summed E-state index contributed by atoms with van der Waals surface area (Å²) >= 11 is 0. The average Bonchev–Trinajstić information content (AvgIpc) is 2.22. The maximum atomic E-state index is 5.73. The van der Waals surface area contributed by atoms with Gasteiger partial charge in [-0.15, -0.1) is 5.10 Å². The molecule has 0 aliphatic carbocycles. The molecule has 1 aromatic carbocycles. The average molecular weight is 237 g/mol. The summed E-state index contributed by atoms with van der Waals surface area (Å²) in [6, 6.07) is 5.52. The van der Waals surface area contributed by atoms with E-state index in [0.29, 0.717) is 11.5 Å². The molecule has 5 heteroatoms. The number of hydrogen-bond donors (Lipinski definition) is 3. The van der Waals surface area contributed by atoms with Crippen molar-refractivity contribution in [2.24, 2.45) is 16.7 Å². The summed E-state index contributed by atoms with van der Waals surface area (Å²) in [6.07, 6.45) is 1.25. The third-order valence-electron chi connectivity index (χ3n) is 1.84. The number of nitrogens with zero attached hydrogens (tertiary/aromatic N) is 2. The van der Waals surface area contributed by atoms with Gasteiger partial charge in [0.25, 0.3) is 0 Å². The molecule has 0 fully saturated rings. The van der Waals surface area contributed by atoms with Crippen LogP contribution in [0.5, 0.6) is 0 Å². The van der Waals surface area contributed by atoms with Crippen molar-refractivity contribution in [1.82, 2.24) is 5.12 Å². The van der Waals surface area contributed by atoms with Crippen molar-refractivity contribution in [3.8, 4) is 0 Å². The lowest BCUT2D eigenvalue weighted by molar-refractivity contribution is 0.371. The molecule has 0 heterocycles. The van der Waals surface area contributed by atoms with Crippen LogP contribution in [-0.2, 0) is 0 Å². The number of hydrazone groups is 1. The molecule has 0 bridgehead atoms. The fourth-order valence-electron chi connectivity index (χ4n) is 1.03. The lowest BCUT2D eigenvalue weighted by Crippen LogP contribution is -2.25. The van der Waals surface area contributed by atoms with E-state index in [1.165, 1.54) is 6.42 Å². The van der Waals surface area contributed by atoms with Gasteiger partial charge in [0.2, 0.25) is 0 Å². The minimum atomic E-state index is 0.349. The molecule has 0 amide bonds. The lowest BCUT2D eigenvalue weighted by atomic mass is 10.1. The highest BCUT2D eigenvalue weighted by Crippen LogP contribution is 2.12. The number of nitrogen functional groups attached to an aromatic ring is 1. The molecular weight excluding hydrogens is 214 g/mol. The number of hydrogen-bond acceptors (Lipinski definition) is 4. The number of nitrogens with two attached hydrogens (primary N) is 3. The topological polar surface area (TPSA) is 93.7 Å². The van der Waals surface area contributed by atoms with Gasteiger partial charge in [-0.1, -0.05) is 32.4 Å². The van der Waals surface area contributed by atoms with E-state index < -0.39 is 0 Å². The predicted octanol–water partition coefficient (Wildman–Crippen LogP) is 1.42. The Morgan fingerprint density at radius 3 is 2.29 bits per heavy atom. The summed E-state index contributed by atoms with van der Waals surface area (Å²) in [5, 5.41) is 5.03. The Morgan fingerprint density at radius 1 is 1.35 bits per heavy atom. The molecule has 96 valence electrons. The van der Waals surface area contributed by atoms with Gasteiger partial charge in [0, 0.05) is 18.3 Å². The highest BCUT2D eigenvalue weighted by molar-refractivity contribution is 5.98. The van der Waals surface area contributed by atoms with E-state index in [2.05, 4.69) is 18.9 Å². The van der Waals surface area contributed by atoms with Crippen LogP contribution in [0.25, 0.3) is 0 Å². The molecule has 1 rings (SSSR count). The first-order chi connectivity index (χ1) is 7.92. The van der Waals surface area contributed by atoms with Gasteiger partial charge >= 0.3 is 0 Å². The largest absolute Gasteiger partial charge is 0.398 e. The summed E-state index contributed by atoms with van der Waals surface area (Å²) in [7, 11) is 1.60. The molecule has 0 saturated heterocycles. The quantitative estimate of drug-likeness (QED) is 0.238. The van der Waals surface area contributed by atoms with Gasteiger partial charge in [0.05, 0.1) is 0 Å². The van der Waals surface area contributed by atoms with Crippen LogP contribution >= 0.6 is 0 Å². The van der Waals surface area contributed by atoms with Gasteiger partial charge in [0.1, 0.15) is 0 Å². The summed E-state index contributed by atoms with van der Waals surface area (Å²) in [6.45, 7) is 6.18. The molecule has 0 saturated carbocycles. The third kappa shape index (κ3) is 5.77. The third-order valence-corrected chi connectivity index (χ3v) is 1.84. The van der Waals surface area contributed by atoms with Crippen molar-refractivity contribution in [2.45, 2.75) is 27.2 Å². The normalized spacial score (nSPS) is 10.5. The molecular formula is C12H23N5. The van der Waals surface area contributed by atoms with Crippen LogP contribution in [0.3, 0.4) is 0 Å². The Balaban J connectivity index is 0.000000770. The molecule has 5 nitrogen and oxygen atoms in total. The molecule has 0 aliphatic rings. The van der Waals surface area contributed by atoms with Gasteiger partial charge in [-0.05, 0) is 18.6 Å². The maximum absolute atomic E-state index is 5.73. The van der Waals surface area contributed by atoms with E-state index in [1.54, 1.807) is 13.1 Å². The lowest BCUT2D eigenvalue weighted by Gasteiger charge is -2.08. The molecule has 0 spiro atoms. The van der Waals surface area contributed by atoms with E-state index in [4.69, 9.17) is 17.3 Å². The zero-order chi connectivity index (χ0) is 13.4. The van der Waals surface area contributed by atoms with Gasteiger partial charge in [-0.3, -0.25) is 0 Å². The van der Waals surface area contributed by atoms with Crippen LogP contribution in [-0.4, -0.2) is 18.0 Å².